The first-order valence-corrected chi connectivity index (χ1v) is 15.3. The molecule has 0 saturated heterocycles. The van der Waals surface area contributed by atoms with Gasteiger partial charge in [-0.25, -0.2) is 0 Å². The van der Waals surface area contributed by atoms with E-state index in [1.165, 1.54) is 0 Å². The summed E-state index contributed by atoms with van der Waals surface area (Å²) in [5.74, 6) is 0. The Morgan fingerprint density at radius 3 is 1.20 bits per heavy atom. The van der Waals surface area contributed by atoms with Crippen LogP contribution >= 0.6 is 0 Å². The van der Waals surface area contributed by atoms with Gasteiger partial charge >= 0.3 is 0 Å². The molecule has 4 aromatic heterocycles. The molecule has 4 heterocycles. The SMILES string of the molecule is [2H]c1c([2H])c(-n2c3ccccc3c3ccc4c5ccccc5oc4c32)c([2H])c([2H])c1-n1c2ccccc2c2ccc3c4ccccc4oc3c21. The summed E-state index contributed by atoms with van der Waals surface area (Å²) in [5.41, 5.74) is 6.02. The topological polar surface area (TPSA) is 36.1 Å². The molecule has 7 aromatic carbocycles. The van der Waals surface area contributed by atoms with Crippen LogP contribution in [-0.2, 0) is 0 Å². The fourth-order valence-electron chi connectivity index (χ4n) is 7.45. The molecule has 0 aliphatic carbocycles. The molecule has 11 aromatic rings. The first-order chi connectivity index (χ1) is 24.5. The zero-order chi connectivity index (χ0) is 33.4. The summed E-state index contributed by atoms with van der Waals surface area (Å²) >= 11 is 0. The van der Waals surface area contributed by atoms with E-state index in [1.807, 2.05) is 106 Å². The third kappa shape index (κ3) is 3.03. The van der Waals surface area contributed by atoms with Gasteiger partial charge in [0.05, 0.1) is 27.5 Å². The Labute approximate surface area is 267 Å². The molecule has 11 rings (SSSR count). The molecule has 0 aliphatic rings. The largest absolute Gasteiger partial charge is 0.454 e. The molecule has 4 nitrogen and oxygen atoms in total. The van der Waals surface area contributed by atoms with Crippen LogP contribution in [0.4, 0.5) is 0 Å². The Morgan fingerprint density at radius 2 is 0.739 bits per heavy atom. The van der Waals surface area contributed by atoms with Gasteiger partial charge in [0.25, 0.3) is 0 Å². The molecule has 0 saturated carbocycles. The van der Waals surface area contributed by atoms with Gasteiger partial charge in [-0.2, -0.15) is 0 Å². The minimum absolute atomic E-state index is 0.153. The number of hydrogen-bond acceptors (Lipinski definition) is 2. The Balaban J connectivity index is 1.29. The molecule has 0 aliphatic heterocycles. The van der Waals surface area contributed by atoms with Crippen molar-refractivity contribution in [3.05, 3.63) is 145 Å². The second-order valence-corrected chi connectivity index (χ2v) is 11.8. The second kappa shape index (κ2) is 8.68. The summed E-state index contributed by atoms with van der Waals surface area (Å²) in [6.45, 7) is 0. The van der Waals surface area contributed by atoms with Crippen LogP contribution in [0, 0.1) is 0 Å². The van der Waals surface area contributed by atoms with Crippen LogP contribution in [0.2, 0.25) is 0 Å². The average Bonchev–Trinajstić information content (AvgIpc) is 3.89. The summed E-state index contributed by atoms with van der Waals surface area (Å²) in [6, 6.07) is 39.1. The van der Waals surface area contributed by atoms with E-state index < -0.39 is 0 Å². The van der Waals surface area contributed by atoms with Gasteiger partial charge in [-0.1, -0.05) is 84.9 Å². The highest BCUT2D eigenvalue weighted by atomic mass is 16.3. The Bertz CT molecular complexity index is 3020. The quantitative estimate of drug-likeness (QED) is 0.200. The van der Waals surface area contributed by atoms with Gasteiger partial charge in [0.1, 0.15) is 11.2 Å². The molecular formula is C42H24N2O2. The lowest BCUT2D eigenvalue weighted by Gasteiger charge is -2.12. The minimum Gasteiger partial charge on any atom is -0.454 e. The number of hydrogen-bond donors (Lipinski definition) is 0. The standard InChI is InChI=1S/C42H24N2O2/c1-5-13-35-27(9-1)31-21-23-33-29-11-3-7-15-37(29)45-41(33)39(31)43(35)25-17-19-26(20-18-25)44-36-14-6-2-10-28(36)32-22-24-34-30-12-4-8-16-38(30)46-42(34)40(32)44/h1-24H/i17D,18D,19D,20D. The summed E-state index contributed by atoms with van der Waals surface area (Å²) in [6.07, 6.45) is 0. The number of fused-ring (bicyclic) bond motifs is 14. The maximum Gasteiger partial charge on any atom is 0.160 e. The Morgan fingerprint density at radius 1 is 0.370 bits per heavy atom. The highest BCUT2D eigenvalue weighted by Crippen LogP contribution is 2.42. The Kier molecular flexibility index (Phi) is 3.90. The van der Waals surface area contributed by atoms with E-state index >= 15 is 0 Å². The third-order valence-corrected chi connectivity index (χ3v) is 9.40. The van der Waals surface area contributed by atoms with Crippen LogP contribution in [0.5, 0.6) is 0 Å². The van der Waals surface area contributed by atoms with Crippen molar-refractivity contribution in [2.75, 3.05) is 0 Å². The van der Waals surface area contributed by atoms with Gasteiger partial charge in [-0.3, -0.25) is 0 Å². The predicted molar refractivity (Wildman–Crippen MR) is 190 cm³/mol. The predicted octanol–water partition coefficient (Wildman–Crippen LogP) is 11.7. The van der Waals surface area contributed by atoms with Crippen LogP contribution in [-0.4, -0.2) is 9.13 Å². The van der Waals surface area contributed by atoms with Crippen molar-refractivity contribution in [2.45, 2.75) is 0 Å². The lowest BCUT2D eigenvalue weighted by atomic mass is 10.1. The van der Waals surface area contributed by atoms with Crippen molar-refractivity contribution in [2.24, 2.45) is 0 Å². The number of benzene rings is 7. The van der Waals surface area contributed by atoms with Gasteiger partial charge < -0.3 is 18.0 Å². The number of furan rings is 2. The van der Waals surface area contributed by atoms with Crippen molar-refractivity contribution in [1.29, 1.82) is 0 Å². The molecule has 0 spiro atoms. The van der Waals surface area contributed by atoms with E-state index in [1.54, 1.807) is 0 Å². The summed E-state index contributed by atoms with van der Waals surface area (Å²) in [7, 11) is 0. The van der Waals surface area contributed by atoms with Gasteiger partial charge in [0, 0.05) is 54.5 Å². The van der Waals surface area contributed by atoms with Crippen LogP contribution in [0.3, 0.4) is 0 Å². The number of rotatable bonds is 2. The molecule has 0 atom stereocenters. The first-order valence-electron chi connectivity index (χ1n) is 17.3. The van der Waals surface area contributed by atoms with E-state index in [0.717, 1.165) is 65.3 Å². The monoisotopic (exact) mass is 592 g/mol. The molecule has 46 heavy (non-hydrogen) atoms. The van der Waals surface area contributed by atoms with Gasteiger partial charge in [-0.05, 0) is 60.6 Å². The first kappa shape index (κ1) is 20.7. The van der Waals surface area contributed by atoms with E-state index in [0.29, 0.717) is 22.2 Å². The van der Waals surface area contributed by atoms with Gasteiger partial charge in [-0.15, -0.1) is 0 Å². The number of aromatic nitrogens is 2. The number of nitrogens with zero attached hydrogens (tertiary/aromatic N) is 2. The lowest BCUT2D eigenvalue weighted by molar-refractivity contribution is 0.670. The molecule has 0 bridgehead atoms. The molecule has 0 N–H and O–H groups in total. The lowest BCUT2D eigenvalue weighted by Crippen LogP contribution is -1.97. The highest BCUT2D eigenvalue weighted by molar-refractivity contribution is 6.23. The normalized spacial score (nSPS) is 13.6. The third-order valence-electron chi connectivity index (χ3n) is 9.40. The molecule has 214 valence electrons. The zero-order valence-electron chi connectivity index (χ0n) is 28.3. The second-order valence-electron chi connectivity index (χ2n) is 11.8. The molecule has 0 amide bonds. The van der Waals surface area contributed by atoms with Gasteiger partial charge in [0.2, 0.25) is 0 Å². The molecule has 0 unspecified atom stereocenters. The van der Waals surface area contributed by atoms with E-state index in [4.69, 9.17) is 8.83 Å². The van der Waals surface area contributed by atoms with Crippen LogP contribution in [0.25, 0.3) is 98.9 Å². The maximum atomic E-state index is 9.61. The highest BCUT2D eigenvalue weighted by Gasteiger charge is 2.21. The van der Waals surface area contributed by atoms with Crippen LogP contribution in [0.1, 0.15) is 5.48 Å². The summed E-state index contributed by atoms with van der Waals surface area (Å²) in [5, 5.41) is 7.46. The van der Waals surface area contributed by atoms with Crippen molar-refractivity contribution < 1.29 is 14.3 Å². The van der Waals surface area contributed by atoms with Crippen molar-refractivity contribution >= 4 is 87.5 Å². The molecular weight excluding hydrogens is 564 g/mol. The van der Waals surface area contributed by atoms with Crippen molar-refractivity contribution in [3.8, 4) is 11.4 Å². The van der Waals surface area contributed by atoms with E-state index in [2.05, 4.69) is 24.3 Å². The maximum absolute atomic E-state index is 9.61. The summed E-state index contributed by atoms with van der Waals surface area (Å²) < 4.78 is 55.1. The average molecular weight is 593 g/mol. The summed E-state index contributed by atoms with van der Waals surface area (Å²) in [4.78, 5) is 0. The van der Waals surface area contributed by atoms with E-state index in [9.17, 15) is 5.48 Å². The zero-order valence-corrected chi connectivity index (χ0v) is 24.3. The Hall–Kier alpha value is -6.26. The molecule has 4 heteroatoms. The fourth-order valence-corrected chi connectivity index (χ4v) is 7.45. The van der Waals surface area contributed by atoms with Crippen LogP contribution < -0.4 is 0 Å². The molecule has 0 fully saturated rings. The minimum atomic E-state index is -0.153. The smallest absolute Gasteiger partial charge is 0.160 e. The van der Waals surface area contributed by atoms with Gasteiger partial charge in [0.15, 0.2) is 11.2 Å². The van der Waals surface area contributed by atoms with Crippen LogP contribution in [0.15, 0.2) is 154 Å². The number of para-hydroxylation sites is 4. The van der Waals surface area contributed by atoms with E-state index in [-0.39, 0.29) is 35.5 Å². The fraction of sp³-hybridized carbons (Fsp3) is 0. The van der Waals surface area contributed by atoms with Crippen molar-refractivity contribution in [3.63, 3.8) is 0 Å². The molecule has 0 radical (unpaired) electrons. The van der Waals surface area contributed by atoms with Crippen molar-refractivity contribution in [1.82, 2.24) is 9.13 Å².